The number of hydrogen-bond acceptors (Lipinski definition) is 2. The summed E-state index contributed by atoms with van der Waals surface area (Å²) in [6.45, 7) is 10.4. The van der Waals surface area contributed by atoms with Gasteiger partial charge in [0.1, 0.15) is 0 Å². The molecule has 0 saturated heterocycles. The Balaban J connectivity index is 2.30. The lowest BCUT2D eigenvalue weighted by Crippen LogP contribution is -2.41. The van der Waals surface area contributed by atoms with E-state index in [4.69, 9.17) is 0 Å². The van der Waals surface area contributed by atoms with Crippen molar-refractivity contribution >= 4 is 0 Å². The number of allylic oxidation sites excluding steroid dienone is 2. The summed E-state index contributed by atoms with van der Waals surface area (Å²) in [5.74, 6) is 1.46. The Kier molecular flexibility index (Phi) is 5.68. The molecule has 0 aromatic carbocycles. The summed E-state index contributed by atoms with van der Waals surface area (Å²) < 4.78 is 0. The molecule has 0 heterocycles. The molecule has 0 aromatic heterocycles. The lowest BCUT2D eigenvalue weighted by Gasteiger charge is -2.29. The highest BCUT2D eigenvalue weighted by Crippen LogP contribution is 2.27. The third-order valence-electron chi connectivity index (χ3n) is 4.09. The highest BCUT2D eigenvalue weighted by molar-refractivity contribution is 5.06. The van der Waals surface area contributed by atoms with E-state index >= 15 is 0 Å². The van der Waals surface area contributed by atoms with Gasteiger partial charge >= 0.3 is 0 Å². The summed E-state index contributed by atoms with van der Waals surface area (Å²) >= 11 is 0. The normalized spacial score (nSPS) is 25.8. The first-order valence-electron chi connectivity index (χ1n) is 7.09. The smallest absolute Gasteiger partial charge is 0.0766 e. The second-order valence-corrected chi connectivity index (χ2v) is 5.86. The average Bonchev–Trinajstić information content (AvgIpc) is 2.27. The number of nitrogens with one attached hydrogen (secondary N) is 1. The van der Waals surface area contributed by atoms with Crippen molar-refractivity contribution in [2.24, 2.45) is 11.8 Å². The standard InChI is InChI=1S/C15H29NO/c1-5-15(17,6-2)11-16-10-14-8-12(3)7-13(4)9-14/h7,12,14,16-17H,5-6,8-11H2,1-4H3. The van der Waals surface area contributed by atoms with Crippen molar-refractivity contribution in [2.45, 2.75) is 59.0 Å². The van der Waals surface area contributed by atoms with Gasteiger partial charge in [-0.2, -0.15) is 0 Å². The van der Waals surface area contributed by atoms with Crippen LogP contribution in [0.25, 0.3) is 0 Å². The first-order chi connectivity index (χ1) is 7.99. The van der Waals surface area contributed by atoms with Gasteiger partial charge in [0, 0.05) is 6.54 Å². The maximum atomic E-state index is 10.2. The van der Waals surface area contributed by atoms with Crippen LogP contribution in [0.5, 0.6) is 0 Å². The van der Waals surface area contributed by atoms with Gasteiger partial charge in [-0.05, 0) is 51.0 Å². The molecular weight excluding hydrogens is 210 g/mol. The lowest BCUT2D eigenvalue weighted by atomic mass is 9.83. The van der Waals surface area contributed by atoms with E-state index in [1.165, 1.54) is 18.4 Å². The van der Waals surface area contributed by atoms with Crippen LogP contribution in [0.15, 0.2) is 11.6 Å². The number of hydrogen-bond donors (Lipinski definition) is 2. The molecule has 0 bridgehead atoms. The van der Waals surface area contributed by atoms with Crippen molar-refractivity contribution in [2.75, 3.05) is 13.1 Å². The van der Waals surface area contributed by atoms with Crippen LogP contribution in [0, 0.1) is 11.8 Å². The maximum Gasteiger partial charge on any atom is 0.0766 e. The van der Waals surface area contributed by atoms with Crippen LogP contribution in [0.3, 0.4) is 0 Å². The fourth-order valence-electron chi connectivity index (χ4n) is 2.85. The minimum Gasteiger partial charge on any atom is -0.389 e. The van der Waals surface area contributed by atoms with Gasteiger partial charge in [0.15, 0.2) is 0 Å². The van der Waals surface area contributed by atoms with Crippen molar-refractivity contribution in [3.8, 4) is 0 Å². The van der Waals surface area contributed by atoms with Crippen LogP contribution in [0.2, 0.25) is 0 Å². The molecule has 0 spiro atoms. The first-order valence-corrected chi connectivity index (χ1v) is 7.09. The molecule has 2 atom stereocenters. The Morgan fingerprint density at radius 3 is 2.59 bits per heavy atom. The van der Waals surface area contributed by atoms with E-state index < -0.39 is 5.60 Å². The fourth-order valence-corrected chi connectivity index (χ4v) is 2.85. The summed E-state index contributed by atoms with van der Waals surface area (Å²) in [7, 11) is 0. The van der Waals surface area contributed by atoms with E-state index in [1.54, 1.807) is 0 Å². The summed E-state index contributed by atoms with van der Waals surface area (Å²) in [6, 6.07) is 0. The summed E-state index contributed by atoms with van der Waals surface area (Å²) in [5, 5.41) is 13.6. The number of rotatable bonds is 6. The van der Waals surface area contributed by atoms with E-state index in [-0.39, 0.29) is 0 Å². The van der Waals surface area contributed by atoms with Gasteiger partial charge in [0.05, 0.1) is 5.60 Å². The fraction of sp³-hybridized carbons (Fsp3) is 0.867. The molecule has 1 rings (SSSR count). The van der Waals surface area contributed by atoms with Gasteiger partial charge in [-0.3, -0.25) is 0 Å². The summed E-state index contributed by atoms with van der Waals surface area (Å²) in [5.41, 5.74) is 1.02. The van der Waals surface area contributed by atoms with Crippen molar-refractivity contribution in [3.63, 3.8) is 0 Å². The van der Waals surface area contributed by atoms with Crippen molar-refractivity contribution in [1.29, 1.82) is 0 Å². The first kappa shape index (κ1) is 14.7. The zero-order valence-corrected chi connectivity index (χ0v) is 11.9. The Morgan fingerprint density at radius 2 is 2.06 bits per heavy atom. The largest absolute Gasteiger partial charge is 0.389 e. The third-order valence-corrected chi connectivity index (χ3v) is 4.09. The molecule has 2 unspecified atom stereocenters. The van der Waals surface area contributed by atoms with Crippen molar-refractivity contribution < 1.29 is 5.11 Å². The van der Waals surface area contributed by atoms with Gasteiger partial charge in [-0.1, -0.05) is 32.4 Å². The van der Waals surface area contributed by atoms with E-state index in [0.29, 0.717) is 5.92 Å². The maximum absolute atomic E-state index is 10.2. The monoisotopic (exact) mass is 239 g/mol. The molecule has 0 radical (unpaired) electrons. The van der Waals surface area contributed by atoms with Gasteiger partial charge in [0.2, 0.25) is 0 Å². The molecule has 0 aromatic rings. The van der Waals surface area contributed by atoms with Crippen molar-refractivity contribution in [3.05, 3.63) is 11.6 Å². The van der Waals surface area contributed by atoms with Gasteiger partial charge in [0.25, 0.3) is 0 Å². The molecule has 0 amide bonds. The Bertz CT molecular complexity index is 256. The van der Waals surface area contributed by atoms with E-state index in [0.717, 1.165) is 31.8 Å². The molecule has 2 heteroatoms. The molecule has 0 saturated carbocycles. The highest BCUT2D eigenvalue weighted by atomic mass is 16.3. The molecule has 0 fully saturated rings. The van der Waals surface area contributed by atoms with Crippen LogP contribution in [-0.2, 0) is 0 Å². The Labute approximate surface area is 106 Å². The van der Waals surface area contributed by atoms with Crippen LogP contribution in [-0.4, -0.2) is 23.8 Å². The molecule has 1 aliphatic carbocycles. The van der Waals surface area contributed by atoms with Crippen molar-refractivity contribution in [1.82, 2.24) is 5.32 Å². The zero-order chi connectivity index (χ0) is 12.9. The van der Waals surface area contributed by atoms with Crippen LogP contribution in [0.4, 0.5) is 0 Å². The predicted octanol–water partition coefficient (Wildman–Crippen LogP) is 3.12. The topological polar surface area (TPSA) is 32.3 Å². The average molecular weight is 239 g/mol. The summed E-state index contributed by atoms with van der Waals surface area (Å²) in [6.07, 6.45) is 6.55. The minimum atomic E-state index is -0.509. The van der Waals surface area contributed by atoms with Gasteiger partial charge < -0.3 is 10.4 Å². The zero-order valence-electron chi connectivity index (χ0n) is 11.9. The van der Waals surface area contributed by atoms with E-state index in [2.05, 4.69) is 39.1 Å². The second-order valence-electron chi connectivity index (χ2n) is 5.86. The third kappa shape index (κ3) is 4.81. The predicted molar refractivity (Wildman–Crippen MR) is 74.0 cm³/mol. The molecule has 2 N–H and O–H groups in total. The molecule has 2 nitrogen and oxygen atoms in total. The molecule has 0 aliphatic heterocycles. The molecular formula is C15H29NO. The number of aliphatic hydroxyl groups is 1. The summed E-state index contributed by atoms with van der Waals surface area (Å²) in [4.78, 5) is 0. The Morgan fingerprint density at radius 1 is 1.41 bits per heavy atom. The Hall–Kier alpha value is -0.340. The van der Waals surface area contributed by atoms with Crippen LogP contribution >= 0.6 is 0 Å². The van der Waals surface area contributed by atoms with Gasteiger partial charge in [-0.25, -0.2) is 0 Å². The highest BCUT2D eigenvalue weighted by Gasteiger charge is 2.23. The van der Waals surface area contributed by atoms with Crippen LogP contribution in [0.1, 0.15) is 53.4 Å². The minimum absolute atomic E-state index is 0.509. The SMILES string of the molecule is CCC(O)(CC)CNCC1CC(C)=CC(C)C1. The quantitative estimate of drug-likeness (QED) is 0.698. The molecule has 1 aliphatic rings. The van der Waals surface area contributed by atoms with E-state index in [1.807, 2.05) is 0 Å². The molecule has 17 heavy (non-hydrogen) atoms. The van der Waals surface area contributed by atoms with Crippen LogP contribution < -0.4 is 5.32 Å². The molecule has 100 valence electrons. The van der Waals surface area contributed by atoms with E-state index in [9.17, 15) is 5.11 Å². The second kappa shape index (κ2) is 6.55. The lowest BCUT2D eigenvalue weighted by molar-refractivity contribution is 0.0316. The van der Waals surface area contributed by atoms with Gasteiger partial charge in [-0.15, -0.1) is 0 Å².